The summed E-state index contributed by atoms with van der Waals surface area (Å²) in [5.41, 5.74) is 4.70. The molecule has 0 saturated carbocycles. The number of aryl methyl sites for hydroxylation is 1. The van der Waals surface area contributed by atoms with Gasteiger partial charge in [-0.25, -0.2) is 0 Å². The Balaban J connectivity index is 1.54. The van der Waals surface area contributed by atoms with Crippen LogP contribution in [0.5, 0.6) is 0 Å². The van der Waals surface area contributed by atoms with E-state index < -0.39 is 0 Å². The predicted molar refractivity (Wildman–Crippen MR) is 120 cm³/mol. The van der Waals surface area contributed by atoms with Crippen molar-refractivity contribution in [1.29, 1.82) is 0 Å². The highest BCUT2D eigenvalue weighted by Gasteiger charge is 2.25. The Morgan fingerprint density at radius 1 is 1.07 bits per heavy atom. The molecule has 2 heterocycles. The van der Waals surface area contributed by atoms with Gasteiger partial charge in [-0.3, -0.25) is 9.69 Å². The van der Waals surface area contributed by atoms with Crippen LogP contribution in [-0.2, 0) is 6.42 Å². The maximum atomic E-state index is 12.7. The minimum Gasteiger partial charge on any atom is -0.374 e. The molecule has 4 rings (SSSR count). The first-order chi connectivity index (χ1) is 14.1. The quantitative estimate of drug-likeness (QED) is 0.775. The van der Waals surface area contributed by atoms with Gasteiger partial charge in [0, 0.05) is 36.4 Å². The molecule has 0 aliphatic carbocycles. The molecule has 2 aliphatic rings. The van der Waals surface area contributed by atoms with E-state index in [0.29, 0.717) is 17.1 Å². The van der Waals surface area contributed by atoms with Crippen LogP contribution in [0, 0.1) is 0 Å². The van der Waals surface area contributed by atoms with Crippen LogP contribution in [0.4, 0.5) is 5.69 Å². The van der Waals surface area contributed by atoms with Gasteiger partial charge in [0.25, 0.3) is 5.91 Å². The minimum atomic E-state index is -0.0628. The van der Waals surface area contributed by atoms with E-state index in [1.165, 1.54) is 42.5 Å². The van der Waals surface area contributed by atoms with E-state index >= 15 is 0 Å². The van der Waals surface area contributed by atoms with Crippen molar-refractivity contribution in [1.82, 2.24) is 10.2 Å². The molecule has 2 aliphatic heterocycles. The van der Waals surface area contributed by atoms with Gasteiger partial charge in [-0.15, -0.1) is 0 Å². The highest BCUT2D eigenvalue weighted by atomic mass is 35.5. The molecule has 0 aromatic heterocycles. The third-order valence-electron chi connectivity index (χ3n) is 6.21. The highest BCUT2D eigenvalue weighted by Crippen LogP contribution is 2.31. The fourth-order valence-corrected chi connectivity index (χ4v) is 4.81. The molecular weight excluding hydrogens is 382 g/mol. The van der Waals surface area contributed by atoms with Gasteiger partial charge < -0.3 is 10.2 Å². The van der Waals surface area contributed by atoms with Gasteiger partial charge in [-0.2, -0.15) is 0 Å². The van der Waals surface area contributed by atoms with Crippen LogP contribution in [0.3, 0.4) is 0 Å². The summed E-state index contributed by atoms with van der Waals surface area (Å²) in [7, 11) is 2.17. The third kappa shape index (κ3) is 4.76. The monoisotopic (exact) mass is 411 g/mol. The molecule has 154 valence electrons. The Hall–Kier alpha value is -2.04. The zero-order valence-electron chi connectivity index (χ0n) is 17.2. The van der Waals surface area contributed by atoms with Crippen molar-refractivity contribution in [2.75, 3.05) is 38.1 Å². The van der Waals surface area contributed by atoms with Gasteiger partial charge in [-0.1, -0.05) is 36.2 Å². The van der Waals surface area contributed by atoms with Crippen LogP contribution < -0.4 is 10.2 Å². The summed E-state index contributed by atoms with van der Waals surface area (Å²) >= 11 is 6.06. The number of halogens is 1. The lowest BCUT2D eigenvalue weighted by Gasteiger charge is -2.36. The molecule has 1 atom stereocenters. The molecule has 4 nitrogen and oxygen atoms in total. The first kappa shape index (κ1) is 20.2. The molecular formula is C24H30ClN3O. The number of carbonyl (C=O) groups is 1. The van der Waals surface area contributed by atoms with Crippen LogP contribution in [0.1, 0.15) is 53.2 Å². The number of nitrogens with zero attached hydrogens (tertiary/aromatic N) is 2. The van der Waals surface area contributed by atoms with Gasteiger partial charge in [0.1, 0.15) is 0 Å². The summed E-state index contributed by atoms with van der Waals surface area (Å²) in [5.74, 6) is -0.0628. The standard InChI is InChI=1S/C24H30ClN3O/c1-27-12-6-8-18-15-19(10-11-22(18)27)23(28-13-3-2-4-14-28)17-26-24(29)20-7-5-9-21(25)16-20/h5,7,9-11,15-16,23H,2-4,6,8,12-14,17H2,1H3,(H,26,29)/t23-/m1/s1. The number of piperidine rings is 1. The molecule has 2 aromatic carbocycles. The van der Waals surface area contributed by atoms with Crippen molar-refractivity contribution in [3.8, 4) is 0 Å². The van der Waals surface area contributed by atoms with Crippen molar-refractivity contribution in [2.45, 2.75) is 38.1 Å². The zero-order chi connectivity index (χ0) is 20.2. The molecule has 29 heavy (non-hydrogen) atoms. The van der Waals surface area contributed by atoms with Crippen LogP contribution in [-0.4, -0.2) is 44.0 Å². The molecule has 1 fully saturated rings. The molecule has 1 N–H and O–H groups in total. The van der Waals surface area contributed by atoms with E-state index in [9.17, 15) is 4.79 Å². The van der Waals surface area contributed by atoms with E-state index in [-0.39, 0.29) is 11.9 Å². The smallest absolute Gasteiger partial charge is 0.251 e. The number of nitrogens with one attached hydrogen (secondary N) is 1. The summed E-state index contributed by atoms with van der Waals surface area (Å²) in [6.45, 7) is 3.92. The average Bonchev–Trinajstić information content (AvgIpc) is 2.74. The number of likely N-dealkylation sites (tertiary alicyclic amines) is 1. The lowest BCUT2D eigenvalue weighted by molar-refractivity contribution is 0.0924. The van der Waals surface area contributed by atoms with Crippen molar-refractivity contribution >= 4 is 23.2 Å². The minimum absolute atomic E-state index is 0.0628. The first-order valence-corrected chi connectivity index (χ1v) is 11.1. The molecule has 0 unspecified atom stereocenters. The lowest BCUT2D eigenvalue weighted by atomic mass is 9.95. The average molecular weight is 412 g/mol. The second-order valence-electron chi connectivity index (χ2n) is 8.25. The Morgan fingerprint density at radius 2 is 1.90 bits per heavy atom. The maximum Gasteiger partial charge on any atom is 0.251 e. The number of hydrogen-bond donors (Lipinski definition) is 1. The van der Waals surface area contributed by atoms with Gasteiger partial charge in [0.05, 0.1) is 6.04 Å². The van der Waals surface area contributed by atoms with Crippen molar-refractivity contribution < 1.29 is 4.79 Å². The normalized spacial score (nSPS) is 18.2. The number of carbonyl (C=O) groups excluding carboxylic acids is 1. The highest BCUT2D eigenvalue weighted by molar-refractivity contribution is 6.30. The second kappa shape index (κ2) is 9.19. The molecule has 0 spiro atoms. The number of benzene rings is 2. The Labute approximate surface area is 178 Å². The van der Waals surface area contributed by atoms with Crippen LogP contribution in [0.25, 0.3) is 0 Å². The number of anilines is 1. The van der Waals surface area contributed by atoms with E-state index in [1.807, 2.05) is 12.1 Å². The van der Waals surface area contributed by atoms with E-state index in [2.05, 4.69) is 40.4 Å². The van der Waals surface area contributed by atoms with Crippen LogP contribution >= 0.6 is 11.6 Å². The largest absolute Gasteiger partial charge is 0.374 e. The molecule has 1 saturated heterocycles. The van der Waals surface area contributed by atoms with Gasteiger partial charge in [-0.05, 0) is 74.2 Å². The third-order valence-corrected chi connectivity index (χ3v) is 6.45. The zero-order valence-corrected chi connectivity index (χ0v) is 17.9. The summed E-state index contributed by atoms with van der Waals surface area (Å²) in [6, 6.07) is 14.2. The van der Waals surface area contributed by atoms with Gasteiger partial charge in [0.15, 0.2) is 0 Å². The number of fused-ring (bicyclic) bond motifs is 1. The fourth-order valence-electron chi connectivity index (χ4n) is 4.62. The molecule has 5 heteroatoms. The van der Waals surface area contributed by atoms with Gasteiger partial charge >= 0.3 is 0 Å². The molecule has 2 aromatic rings. The maximum absolute atomic E-state index is 12.7. The first-order valence-electron chi connectivity index (χ1n) is 10.7. The summed E-state index contributed by atoms with van der Waals surface area (Å²) in [6.07, 6.45) is 6.09. The number of rotatable bonds is 5. The number of amides is 1. The van der Waals surface area contributed by atoms with Crippen molar-refractivity contribution in [3.63, 3.8) is 0 Å². The van der Waals surface area contributed by atoms with Crippen molar-refractivity contribution in [3.05, 3.63) is 64.2 Å². The Bertz CT molecular complexity index is 863. The van der Waals surface area contributed by atoms with E-state index in [1.54, 1.807) is 12.1 Å². The SMILES string of the molecule is CN1CCCc2cc([C@@H](CNC(=O)c3cccc(Cl)c3)N3CCCCC3)ccc21. The van der Waals surface area contributed by atoms with Gasteiger partial charge in [0.2, 0.25) is 0 Å². The number of hydrogen-bond acceptors (Lipinski definition) is 3. The second-order valence-corrected chi connectivity index (χ2v) is 8.68. The van der Waals surface area contributed by atoms with Crippen LogP contribution in [0.15, 0.2) is 42.5 Å². The van der Waals surface area contributed by atoms with E-state index in [4.69, 9.17) is 11.6 Å². The molecule has 0 bridgehead atoms. The van der Waals surface area contributed by atoms with Crippen LogP contribution in [0.2, 0.25) is 5.02 Å². The Morgan fingerprint density at radius 3 is 2.69 bits per heavy atom. The topological polar surface area (TPSA) is 35.6 Å². The Kier molecular flexibility index (Phi) is 6.41. The predicted octanol–water partition coefficient (Wildman–Crippen LogP) is 4.68. The summed E-state index contributed by atoms with van der Waals surface area (Å²) in [5, 5.41) is 3.75. The molecule has 0 radical (unpaired) electrons. The lowest BCUT2D eigenvalue weighted by Crippen LogP contribution is -2.40. The molecule has 1 amide bonds. The van der Waals surface area contributed by atoms with Crippen molar-refractivity contribution in [2.24, 2.45) is 0 Å². The van der Waals surface area contributed by atoms with E-state index in [0.717, 1.165) is 26.1 Å². The summed E-state index contributed by atoms with van der Waals surface area (Å²) < 4.78 is 0. The summed E-state index contributed by atoms with van der Waals surface area (Å²) in [4.78, 5) is 17.6. The fraction of sp³-hybridized carbons (Fsp3) is 0.458.